The van der Waals surface area contributed by atoms with Crippen molar-refractivity contribution < 1.29 is 4.74 Å². The monoisotopic (exact) mass is 161 g/mol. The van der Waals surface area contributed by atoms with Crippen molar-refractivity contribution in [1.29, 1.82) is 0 Å². The number of nitrogens with zero attached hydrogens (tertiary/aromatic N) is 1. The summed E-state index contributed by atoms with van der Waals surface area (Å²) in [4.78, 5) is 7.38. The lowest BCUT2D eigenvalue weighted by Gasteiger charge is -1.97. The maximum absolute atomic E-state index is 4.91. The fourth-order valence-electron chi connectivity index (χ4n) is 1.25. The molecule has 0 aliphatic carbocycles. The zero-order valence-electron chi connectivity index (χ0n) is 6.79. The molecule has 0 bridgehead atoms. The van der Waals surface area contributed by atoms with E-state index in [4.69, 9.17) is 4.74 Å². The zero-order valence-corrected chi connectivity index (χ0v) is 6.79. The predicted octanol–water partition coefficient (Wildman–Crippen LogP) is 2.04. The van der Waals surface area contributed by atoms with Gasteiger partial charge in [0.2, 0.25) is 0 Å². The number of imidazole rings is 1. The van der Waals surface area contributed by atoms with Crippen LogP contribution in [-0.2, 0) is 0 Å². The van der Waals surface area contributed by atoms with Gasteiger partial charge in [0.25, 0.3) is 0 Å². The quantitative estimate of drug-likeness (QED) is 0.695. The molecule has 0 amide bonds. The van der Waals surface area contributed by atoms with Crippen LogP contribution in [0, 0.1) is 14.0 Å². The fourth-order valence-corrected chi connectivity index (χ4v) is 1.25. The Morgan fingerprint density at radius 2 is 2.33 bits per heavy atom. The molecule has 2 aromatic rings. The number of fused-ring (bicyclic) bond motifs is 1. The summed E-state index contributed by atoms with van der Waals surface area (Å²) >= 11 is 0. The number of hydrogen-bond acceptors (Lipinski definition) is 2. The van der Waals surface area contributed by atoms with Gasteiger partial charge < -0.3 is 9.72 Å². The Bertz CT molecular complexity index is 406. The van der Waals surface area contributed by atoms with Gasteiger partial charge in [0, 0.05) is 0 Å². The summed E-state index contributed by atoms with van der Waals surface area (Å²) in [6.45, 7) is 1.91. The topological polar surface area (TPSA) is 37.9 Å². The molecule has 0 atom stereocenters. The number of para-hydroxylation sites is 1. The van der Waals surface area contributed by atoms with Crippen LogP contribution in [0.15, 0.2) is 18.2 Å². The van der Waals surface area contributed by atoms with Crippen LogP contribution in [0.25, 0.3) is 11.0 Å². The van der Waals surface area contributed by atoms with Crippen LogP contribution < -0.4 is 4.74 Å². The molecule has 0 unspecified atom stereocenters. The molecule has 0 fully saturated rings. The first-order chi connectivity index (χ1) is 5.81. The largest absolute Gasteiger partial charge is 0.488 e. The lowest BCUT2D eigenvalue weighted by atomic mass is 10.3. The molecule has 3 nitrogen and oxygen atoms in total. The molecule has 0 saturated heterocycles. The molecule has 1 heterocycles. The van der Waals surface area contributed by atoms with Crippen molar-refractivity contribution in [3.05, 3.63) is 31.1 Å². The van der Waals surface area contributed by atoms with Crippen LogP contribution >= 0.6 is 0 Å². The summed E-state index contributed by atoms with van der Waals surface area (Å²) in [5.74, 6) is 1.59. The Hall–Kier alpha value is -1.51. The van der Waals surface area contributed by atoms with Gasteiger partial charge in [-0.05, 0) is 19.1 Å². The van der Waals surface area contributed by atoms with Gasteiger partial charge in [-0.2, -0.15) is 0 Å². The van der Waals surface area contributed by atoms with Gasteiger partial charge in [-0.15, -0.1) is 0 Å². The van der Waals surface area contributed by atoms with Gasteiger partial charge in [-0.3, -0.25) is 0 Å². The van der Waals surface area contributed by atoms with Crippen molar-refractivity contribution in [2.75, 3.05) is 0 Å². The second kappa shape index (κ2) is 2.52. The Morgan fingerprint density at radius 3 is 3.08 bits per heavy atom. The van der Waals surface area contributed by atoms with Crippen LogP contribution in [0.3, 0.4) is 0 Å². The molecular weight excluding hydrogens is 152 g/mol. The van der Waals surface area contributed by atoms with E-state index in [-0.39, 0.29) is 0 Å². The molecule has 12 heavy (non-hydrogen) atoms. The van der Waals surface area contributed by atoms with Crippen molar-refractivity contribution in [2.45, 2.75) is 6.92 Å². The van der Waals surface area contributed by atoms with E-state index in [1.54, 1.807) is 0 Å². The van der Waals surface area contributed by atoms with E-state index in [2.05, 4.69) is 17.1 Å². The van der Waals surface area contributed by atoms with E-state index in [0.29, 0.717) is 5.75 Å². The summed E-state index contributed by atoms with van der Waals surface area (Å²) < 4.78 is 4.91. The number of H-pyrrole nitrogens is 1. The molecule has 0 spiro atoms. The summed E-state index contributed by atoms with van der Waals surface area (Å²) in [5.41, 5.74) is 1.82. The summed E-state index contributed by atoms with van der Waals surface area (Å²) in [6, 6.07) is 5.70. The van der Waals surface area contributed by atoms with Crippen LogP contribution in [0.1, 0.15) is 5.82 Å². The minimum atomic E-state index is 0.705. The molecular formula is C9H9N2O. The lowest BCUT2D eigenvalue weighted by Crippen LogP contribution is -1.80. The highest BCUT2D eigenvalue weighted by Crippen LogP contribution is 2.22. The molecule has 1 aromatic carbocycles. The van der Waals surface area contributed by atoms with E-state index < -0.39 is 0 Å². The fraction of sp³-hybridized carbons (Fsp3) is 0.111. The van der Waals surface area contributed by atoms with Crippen molar-refractivity contribution in [2.24, 2.45) is 0 Å². The van der Waals surface area contributed by atoms with E-state index in [0.717, 1.165) is 16.9 Å². The van der Waals surface area contributed by atoms with E-state index in [9.17, 15) is 0 Å². The minimum Gasteiger partial charge on any atom is -0.488 e. The smallest absolute Gasteiger partial charge is 0.147 e. The number of aromatic nitrogens is 2. The highest BCUT2D eigenvalue weighted by Gasteiger charge is 2.03. The third-order valence-electron chi connectivity index (χ3n) is 1.75. The zero-order chi connectivity index (χ0) is 8.55. The van der Waals surface area contributed by atoms with Crippen molar-refractivity contribution in [1.82, 2.24) is 9.97 Å². The van der Waals surface area contributed by atoms with E-state index >= 15 is 0 Å². The molecule has 0 aliphatic heterocycles. The van der Waals surface area contributed by atoms with Crippen LogP contribution in [0.5, 0.6) is 5.75 Å². The molecule has 0 aliphatic rings. The molecule has 3 heteroatoms. The number of aryl methyl sites for hydroxylation is 1. The molecule has 1 radical (unpaired) electrons. The first kappa shape index (κ1) is 7.16. The first-order valence-corrected chi connectivity index (χ1v) is 3.68. The molecule has 61 valence electrons. The number of aromatic amines is 1. The summed E-state index contributed by atoms with van der Waals surface area (Å²) in [7, 11) is 3.36. The van der Waals surface area contributed by atoms with Gasteiger partial charge in [0.05, 0.1) is 5.52 Å². The standard InChI is InChI=1S/C9H9N2O/c1-6-10-7-4-3-5-8(12-2)9(7)11-6/h3-5H,2H2,1H3,(H,10,11). The summed E-state index contributed by atoms with van der Waals surface area (Å²) in [6.07, 6.45) is 0. The summed E-state index contributed by atoms with van der Waals surface area (Å²) in [5, 5.41) is 0. The Labute approximate surface area is 70.4 Å². The van der Waals surface area contributed by atoms with Crippen LogP contribution in [0.2, 0.25) is 0 Å². The second-order valence-corrected chi connectivity index (χ2v) is 2.62. The lowest BCUT2D eigenvalue weighted by molar-refractivity contribution is 0.477. The number of benzene rings is 1. The third kappa shape index (κ3) is 0.942. The number of rotatable bonds is 1. The van der Waals surface area contributed by atoms with Crippen molar-refractivity contribution in [3.8, 4) is 5.75 Å². The van der Waals surface area contributed by atoms with Gasteiger partial charge in [-0.25, -0.2) is 4.98 Å². The molecule has 1 aromatic heterocycles. The van der Waals surface area contributed by atoms with Gasteiger partial charge in [0.15, 0.2) is 0 Å². The van der Waals surface area contributed by atoms with Crippen molar-refractivity contribution >= 4 is 11.0 Å². The average Bonchev–Trinajstić information content (AvgIpc) is 2.44. The molecule has 0 saturated carbocycles. The van der Waals surface area contributed by atoms with Gasteiger partial charge >= 0.3 is 0 Å². The maximum Gasteiger partial charge on any atom is 0.147 e. The Kier molecular flexibility index (Phi) is 1.50. The highest BCUT2D eigenvalue weighted by atomic mass is 16.5. The van der Waals surface area contributed by atoms with Crippen LogP contribution in [0.4, 0.5) is 0 Å². The molecule has 1 N–H and O–H groups in total. The van der Waals surface area contributed by atoms with Crippen molar-refractivity contribution in [3.63, 3.8) is 0 Å². The third-order valence-corrected chi connectivity index (χ3v) is 1.75. The Morgan fingerprint density at radius 1 is 1.50 bits per heavy atom. The van der Waals surface area contributed by atoms with Crippen LogP contribution in [-0.4, -0.2) is 9.97 Å². The first-order valence-electron chi connectivity index (χ1n) is 3.68. The minimum absolute atomic E-state index is 0.705. The number of nitrogens with one attached hydrogen (secondary N) is 1. The maximum atomic E-state index is 4.91. The normalized spacial score (nSPS) is 10.5. The van der Waals surface area contributed by atoms with E-state index in [1.165, 1.54) is 0 Å². The predicted molar refractivity (Wildman–Crippen MR) is 46.8 cm³/mol. The molecule has 2 rings (SSSR count). The van der Waals surface area contributed by atoms with Gasteiger partial charge in [-0.1, -0.05) is 6.07 Å². The number of hydrogen-bond donors (Lipinski definition) is 1. The van der Waals surface area contributed by atoms with E-state index in [1.807, 2.05) is 25.1 Å². The van der Waals surface area contributed by atoms with Gasteiger partial charge in [0.1, 0.15) is 24.2 Å². The average molecular weight is 161 g/mol. The SMILES string of the molecule is [CH2]Oc1cccc2[nH]c(C)nc12. The highest BCUT2D eigenvalue weighted by molar-refractivity contribution is 5.81. The Balaban J connectivity index is 2.78. The second-order valence-electron chi connectivity index (χ2n) is 2.62. The number of ether oxygens (including phenoxy) is 1.